The lowest BCUT2D eigenvalue weighted by molar-refractivity contribution is -0.360. The summed E-state index contributed by atoms with van der Waals surface area (Å²) in [6.07, 6.45) is -14.7. The zero-order chi connectivity index (χ0) is 21.8. The minimum absolute atomic E-state index is 0.0890. The van der Waals surface area contributed by atoms with Gasteiger partial charge in [0.1, 0.15) is 48.8 Å². The van der Waals surface area contributed by atoms with Crippen molar-refractivity contribution in [2.24, 2.45) is 0 Å². The second kappa shape index (κ2) is 10.4. The van der Waals surface area contributed by atoms with Crippen LogP contribution in [0, 0.1) is 0 Å². The fourth-order valence-electron chi connectivity index (χ4n) is 3.45. The van der Waals surface area contributed by atoms with E-state index in [0.29, 0.717) is 0 Å². The SMILES string of the molecule is OCC1O[C@H](O[C@H]2C(CO)O[C@@H](OCc3ccccc3)C(O)[C@H]2O)[C@@H](O)C(O)[C@@H]1O. The van der Waals surface area contributed by atoms with Crippen LogP contribution >= 0.6 is 0 Å². The van der Waals surface area contributed by atoms with E-state index in [1.807, 2.05) is 18.2 Å². The molecule has 7 N–H and O–H groups in total. The van der Waals surface area contributed by atoms with Gasteiger partial charge in [-0.15, -0.1) is 0 Å². The van der Waals surface area contributed by atoms with E-state index in [4.69, 9.17) is 18.9 Å². The fourth-order valence-corrected chi connectivity index (χ4v) is 3.45. The fraction of sp³-hybridized carbons (Fsp3) is 0.684. The van der Waals surface area contributed by atoms with E-state index in [9.17, 15) is 35.7 Å². The summed E-state index contributed by atoms with van der Waals surface area (Å²) in [4.78, 5) is 0. The predicted octanol–water partition coefficient (Wildman–Crippen LogP) is -3.17. The maximum Gasteiger partial charge on any atom is 0.187 e. The molecule has 0 radical (unpaired) electrons. The molecule has 11 heteroatoms. The Balaban J connectivity index is 1.66. The summed E-state index contributed by atoms with van der Waals surface area (Å²) in [7, 11) is 0. The summed E-state index contributed by atoms with van der Waals surface area (Å²) in [5.74, 6) is 0. The van der Waals surface area contributed by atoms with Gasteiger partial charge in [-0.05, 0) is 5.56 Å². The molecular weight excluding hydrogens is 404 g/mol. The van der Waals surface area contributed by atoms with Crippen molar-refractivity contribution in [3.63, 3.8) is 0 Å². The molecule has 170 valence electrons. The van der Waals surface area contributed by atoms with Crippen LogP contribution in [0.25, 0.3) is 0 Å². The zero-order valence-corrected chi connectivity index (χ0v) is 16.0. The van der Waals surface area contributed by atoms with E-state index in [2.05, 4.69) is 0 Å². The van der Waals surface area contributed by atoms with Gasteiger partial charge in [-0.25, -0.2) is 0 Å². The van der Waals surface area contributed by atoms with E-state index in [1.54, 1.807) is 12.1 Å². The van der Waals surface area contributed by atoms with Crippen LogP contribution in [-0.2, 0) is 25.6 Å². The van der Waals surface area contributed by atoms with Crippen molar-refractivity contribution in [3.05, 3.63) is 35.9 Å². The highest BCUT2D eigenvalue weighted by molar-refractivity contribution is 5.13. The molecule has 0 spiro atoms. The second-order valence-electron chi connectivity index (χ2n) is 7.30. The lowest BCUT2D eigenvalue weighted by Crippen LogP contribution is -2.64. The molecule has 11 nitrogen and oxygen atoms in total. The molecule has 2 heterocycles. The standard InChI is InChI=1S/C19H28O11/c20-6-10-12(22)13(23)15(25)19(28-10)30-17-11(7-21)29-18(16(26)14(17)24)27-8-9-4-2-1-3-5-9/h1-5,10-26H,6-8H2/t10?,11?,12-,13?,14-,15+,16?,17+,18-,19-/m1/s1. The Kier molecular flexibility index (Phi) is 8.12. The number of aliphatic hydroxyl groups is 7. The molecule has 0 saturated carbocycles. The van der Waals surface area contributed by atoms with Gasteiger partial charge in [-0.2, -0.15) is 0 Å². The molecular formula is C19H28O11. The number of rotatable bonds is 7. The van der Waals surface area contributed by atoms with Crippen LogP contribution in [0.15, 0.2) is 30.3 Å². The van der Waals surface area contributed by atoms with Crippen LogP contribution in [0.2, 0.25) is 0 Å². The molecule has 30 heavy (non-hydrogen) atoms. The number of ether oxygens (including phenoxy) is 4. The summed E-state index contributed by atoms with van der Waals surface area (Å²) in [6, 6.07) is 9.07. The van der Waals surface area contributed by atoms with Gasteiger partial charge in [0.15, 0.2) is 12.6 Å². The van der Waals surface area contributed by atoms with E-state index in [1.165, 1.54) is 0 Å². The average Bonchev–Trinajstić information content (AvgIpc) is 2.77. The quantitative estimate of drug-likeness (QED) is 0.231. The van der Waals surface area contributed by atoms with Crippen molar-refractivity contribution in [2.45, 2.75) is 68.0 Å². The van der Waals surface area contributed by atoms with Gasteiger partial charge in [0.05, 0.1) is 19.8 Å². The minimum atomic E-state index is -1.71. The van der Waals surface area contributed by atoms with Crippen LogP contribution in [0.3, 0.4) is 0 Å². The third kappa shape index (κ3) is 4.98. The number of hydrogen-bond donors (Lipinski definition) is 7. The monoisotopic (exact) mass is 432 g/mol. The Bertz CT molecular complexity index is 643. The molecule has 2 saturated heterocycles. The summed E-state index contributed by atoms with van der Waals surface area (Å²) in [5.41, 5.74) is 0.808. The van der Waals surface area contributed by atoms with E-state index in [0.717, 1.165) is 5.56 Å². The molecule has 2 aliphatic heterocycles. The van der Waals surface area contributed by atoms with Crippen molar-refractivity contribution < 1.29 is 54.7 Å². The van der Waals surface area contributed by atoms with Gasteiger partial charge < -0.3 is 54.7 Å². The van der Waals surface area contributed by atoms with Crippen molar-refractivity contribution in [2.75, 3.05) is 13.2 Å². The van der Waals surface area contributed by atoms with Crippen LogP contribution in [0.4, 0.5) is 0 Å². The highest BCUT2D eigenvalue weighted by Gasteiger charge is 2.50. The van der Waals surface area contributed by atoms with Gasteiger partial charge in [-0.1, -0.05) is 30.3 Å². The first kappa shape index (κ1) is 23.4. The highest BCUT2D eigenvalue weighted by atomic mass is 16.7. The number of benzene rings is 1. The second-order valence-corrected chi connectivity index (χ2v) is 7.30. The average molecular weight is 432 g/mol. The Morgan fingerprint density at radius 2 is 1.30 bits per heavy atom. The number of aliphatic hydroxyl groups excluding tert-OH is 7. The van der Waals surface area contributed by atoms with Gasteiger partial charge in [0.2, 0.25) is 0 Å². The molecule has 1 aromatic carbocycles. The minimum Gasteiger partial charge on any atom is -0.394 e. The molecule has 3 rings (SSSR count). The van der Waals surface area contributed by atoms with Crippen LogP contribution in [0.1, 0.15) is 5.56 Å². The Morgan fingerprint density at radius 3 is 1.93 bits per heavy atom. The number of hydrogen-bond acceptors (Lipinski definition) is 11. The first-order valence-corrected chi connectivity index (χ1v) is 9.61. The molecule has 2 fully saturated rings. The van der Waals surface area contributed by atoms with Crippen LogP contribution in [0.5, 0.6) is 0 Å². The van der Waals surface area contributed by atoms with Crippen LogP contribution in [-0.4, -0.2) is 110 Å². The summed E-state index contributed by atoms with van der Waals surface area (Å²) < 4.78 is 21.8. The predicted molar refractivity (Wildman–Crippen MR) is 97.6 cm³/mol. The van der Waals surface area contributed by atoms with Crippen molar-refractivity contribution in [1.29, 1.82) is 0 Å². The molecule has 0 aliphatic carbocycles. The van der Waals surface area contributed by atoms with Crippen molar-refractivity contribution >= 4 is 0 Å². The first-order valence-electron chi connectivity index (χ1n) is 9.61. The molecule has 1 aromatic rings. The van der Waals surface area contributed by atoms with Crippen molar-refractivity contribution in [1.82, 2.24) is 0 Å². The Labute approximate surface area is 172 Å². The molecule has 2 aliphatic rings. The molecule has 0 aromatic heterocycles. The summed E-state index contributed by atoms with van der Waals surface area (Å²) in [6.45, 7) is -1.18. The Morgan fingerprint density at radius 1 is 0.700 bits per heavy atom. The summed E-state index contributed by atoms with van der Waals surface area (Å²) >= 11 is 0. The normalized spacial score (nSPS) is 42.2. The molecule has 0 bridgehead atoms. The molecule has 0 amide bonds. The summed E-state index contributed by atoms with van der Waals surface area (Å²) in [5, 5.41) is 69.7. The molecule has 10 atom stereocenters. The van der Waals surface area contributed by atoms with Gasteiger partial charge in [0, 0.05) is 0 Å². The van der Waals surface area contributed by atoms with E-state index >= 15 is 0 Å². The van der Waals surface area contributed by atoms with Gasteiger partial charge in [0.25, 0.3) is 0 Å². The first-order chi connectivity index (χ1) is 14.4. The third-order valence-electron chi connectivity index (χ3n) is 5.22. The van der Waals surface area contributed by atoms with E-state index < -0.39 is 74.6 Å². The maximum atomic E-state index is 10.5. The van der Waals surface area contributed by atoms with Gasteiger partial charge in [-0.3, -0.25) is 0 Å². The van der Waals surface area contributed by atoms with Crippen molar-refractivity contribution in [3.8, 4) is 0 Å². The topological polar surface area (TPSA) is 179 Å². The lowest BCUT2D eigenvalue weighted by atomic mass is 9.97. The maximum absolute atomic E-state index is 10.5. The van der Waals surface area contributed by atoms with Gasteiger partial charge >= 0.3 is 0 Å². The molecule has 4 unspecified atom stereocenters. The largest absolute Gasteiger partial charge is 0.394 e. The third-order valence-corrected chi connectivity index (χ3v) is 5.22. The smallest absolute Gasteiger partial charge is 0.187 e. The Hall–Kier alpha value is -1.22. The van der Waals surface area contributed by atoms with Crippen LogP contribution < -0.4 is 0 Å². The zero-order valence-electron chi connectivity index (χ0n) is 16.0. The lowest BCUT2D eigenvalue weighted by Gasteiger charge is -2.45. The highest BCUT2D eigenvalue weighted by Crippen LogP contribution is 2.29. The van der Waals surface area contributed by atoms with E-state index in [-0.39, 0.29) is 6.61 Å².